The first-order valence-electron chi connectivity index (χ1n) is 5.08. The lowest BCUT2D eigenvalue weighted by molar-refractivity contribution is -0.129. The van der Waals surface area contributed by atoms with E-state index < -0.39 is 0 Å². The fourth-order valence-corrected chi connectivity index (χ4v) is 2.30. The second kappa shape index (κ2) is 4.31. The summed E-state index contributed by atoms with van der Waals surface area (Å²) in [6.07, 6.45) is 5.24. The Bertz CT molecular complexity index is 381. The summed E-state index contributed by atoms with van der Waals surface area (Å²) in [5.41, 5.74) is 1.08. The Morgan fingerprint density at radius 1 is 1.53 bits per heavy atom. The molecule has 0 radical (unpaired) electrons. The van der Waals surface area contributed by atoms with Gasteiger partial charge in [0, 0.05) is 29.8 Å². The van der Waals surface area contributed by atoms with E-state index in [-0.39, 0.29) is 11.9 Å². The van der Waals surface area contributed by atoms with Gasteiger partial charge in [-0.25, -0.2) is 0 Å². The van der Waals surface area contributed by atoms with E-state index in [0.29, 0.717) is 6.42 Å². The van der Waals surface area contributed by atoms with Crippen LogP contribution in [0.25, 0.3) is 0 Å². The molecular formula is C11H13BrN2O. The van der Waals surface area contributed by atoms with Crippen LogP contribution in [-0.2, 0) is 4.79 Å². The number of nitrogens with zero attached hydrogens (tertiary/aromatic N) is 2. The molecule has 3 nitrogen and oxygen atoms in total. The highest BCUT2D eigenvalue weighted by molar-refractivity contribution is 9.10. The third kappa shape index (κ3) is 2.20. The number of carbonyl (C=O) groups excluding carboxylic acids is 1. The SMILES string of the molecule is CC(c1cncc(Br)c1)N1CCCC1=O. The summed E-state index contributed by atoms with van der Waals surface area (Å²) in [5, 5.41) is 0. The lowest BCUT2D eigenvalue weighted by Crippen LogP contribution is -2.27. The van der Waals surface area contributed by atoms with Crippen LogP contribution in [0.5, 0.6) is 0 Å². The van der Waals surface area contributed by atoms with Gasteiger partial charge in [0.05, 0.1) is 6.04 Å². The maximum absolute atomic E-state index is 11.6. The van der Waals surface area contributed by atoms with Gasteiger partial charge in [-0.1, -0.05) is 0 Å². The average molecular weight is 269 g/mol. The van der Waals surface area contributed by atoms with E-state index in [0.717, 1.165) is 23.0 Å². The van der Waals surface area contributed by atoms with E-state index in [9.17, 15) is 4.79 Å². The average Bonchev–Trinajstić information content (AvgIpc) is 2.63. The molecule has 15 heavy (non-hydrogen) atoms. The van der Waals surface area contributed by atoms with Crippen molar-refractivity contribution in [2.45, 2.75) is 25.8 Å². The highest BCUT2D eigenvalue weighted by Gasteiger charge is 2.25. The molecule has 2 heterocycles. The quantitative estimate of drug-likeness (QED) is 0.826. The molecular weight excluding hydrogens is 256 g/mol. The maximum Gasteiger partial charge on any atom is 0.223 e. The van der Waals surface area contributed by atoms with Crippen LogP contribution in [0.3, 0.4) is 0 Å². The summed E-state index contributed by atoms with van der Waals surface area (Å²) in [7, 11) is 0. The van der Waals surface area contributed by atoms with Gasteiger partial charge in [-0.2, -0.15) is 0 Å². The van der Waals surface area contributed by atoms with Crippen LogP contribution in [-0.4, -0.2) is 22.3 Å². The lowest BCUT2D eigenvalue weighted by Gasteiger charge is -2.24. The van der Waals surface area contributed by atoms with Gasteiger partial charge in [0.25, 0.3) is 0 Å². The molecule has 0 spiro atoms. The Morgan fingerprint density at radius 2 is 2.33 bits per heavy atom. The second-order valence-electron chi connectivity index (χ2n) is 3.80. The first-order chi connectivity index (χ1) is 7.18. The van der Waals surface area contributed by atoms with Gasteiger partial charge in [0.15, 0.2) is 0 Å². The number of pyridine rings is 1. The zero-order valence-electron chi connectivity index (χ0n) is 8.61. The molecule has 4 heteroatoms. The summed E-state index contributed by atoms with van der Waals surface area (Å²) in [6.45, 7) is 2.92. The van der Waals surface area contributed by atoms with Crippen molar-refractivity contribution in [1.29, 1.82) is 0 Å². The van der Waals surface area contributed by atoms with Crippen molar-refractivity contribution in [3.05, 3.63) is 28.5 Å². The van der Waals surface area contributed by atoms with Crippen molar-refractivity contribution in [2.24, 2.45) is 0 Å². The highest BCUT2D eigenvalue weighted by Crippen LogP contribution is 2.26. The predicted octanol–water partition coefficient (Wildman–Crippen LogP) is 2.53. The van der Waals surface area contributed by atoms with Crippen molar-refractivity contribution < 1.29 is 4.79 Å². The van der Waals surface area contributed by atoms with E-state index in [1.165, 1.54) is 0 Å². The molecule has 1 aliphatic rings. The van der Waals surface area contributed by atoms with Crippen molar-refractivity contribution >= 4 is 21.8 Å². The van der Waals surface area contributed by atoms with Crippen LogP contribution in [0.15, 0.2) is 22.9 Å². The fraction of sp³-hybridized carbons (Fsp3) is 0.455. The molecule has 1 unspecified atom stereocenters. The van der Waals surface area contributed by atoms with Crippen LogP contribution in [0.1, 0.15) is 31.4 Å². The van der Waals surface area contributed by atoms with Crippen LogP contribution in [0.2, 0.25) is 0 Å². The van der Waals surface area contributed by atoms with Gasteiger partial charge < -0.3 is 4.90 Å². The minimum atomic E-state index is 0.130. The summed E-state index contributed by atoms with van der Waals surface area (Å²) in [6, 6.07) is 2.15. The van der Waals surface area contributed by atoms with E-state index in [2.05, 4.69) is 20.9 Å². The molecule has 1 fully saturated rings. The highest BCUT2D eigenvalue weighted by atomic mass is 79.9. The summed E-state index contributed by atoms with van der Waals surface area (Å²) < 4.78 is 0.957. The topological polar surface area (TPSA) is 33.2 Å². The van der Waals surface area contributed by atoms with Crippen LogP contribution in [0, 0.1) is 0 Å². The van der Waals surface area contributed by atoms with Gasteiger partial charge in [-0.3, -0.25) is 9.78 Å². The van der Waals surface area contributed by atoms with Gasteiger partial charge in [0.1, 0.15) is 0 Å². The van der Waals surface area contributed by atoms with Gasteiger partial charge in [0.2, 0.25) is 5.91 Å². The zero-order valence-corrected chi connectivity index (χ0v) is 10.2. The molecule has 2 rings (SSSR count). The molecule has 1 aromatic rings. The molecule has 0 aromatic carbocycles. The number of hydrogen-bond acceptors (Lipinski definition) is 2. The second-order valence-corrected chi connectivity index (χ2v) is 4.72. The lowest BCUT2D eigenvalue weighted by atomic mass is 10.1. The van der Waals surface area contributed by atoms with Crippen molar-refractivity contribution in [2.75, 3.05) is 6.54 Å². The van der Waals surface area contributed by atoms with Crippen LogP contribution in [0.4, 0.5) is 0 Å². The minimum Gasteiger partial charge on any atom is -0.336 e. The Kier molecular flexibility index (Phi) is 3.05. The molecule has 0 bridgehead atoms. The third-order valence-electron chi connectivity index (χ3n) is 2.79. The number of amides is 1. The predicted molar refractivity (Wildman–Crippen MR) is 61.3 cm³/mol. The van der Waals surface area contributed by atoms with E-state index in [4.69, 9.17) is 0 Å². The van der Waals surface area contributed by atoms with Gasteiger partial charge in [-0.15, -0.1) is 0 Å². The Labute approximate surface area is 97.6 Å². The molecule has 0 saturated carbocycles. The monoisotopic (exact) mass is 268 g/mol. The van der Waals surface area contributed by atoms with E-state index in [1.807, 2.05) is 24.1 Å². The largest absolute Gasteiger partial charge is 0.336 e. The summed E-state index contributed by atoms with van der Waals surface area (Å²) >= 11 is 3.39. The number of carbonyl (C=O) groups is 1. The molecule has 1 atom stereocenters. The first-order valence-corrected chi connectivity index (χ1v) is 5.87. The number of likely N-dealkylation sites (tertiary alicyclic amines) is 1. The fourth-order valence-electron chi connectivity index (χ4n) is 1.92. The standard InChI is InChI=1S/C11H13BrN2O/c1-8(14-4-2-3-11(14)15)9-5-10(12)7-13-6-9/h5-8H,2-4H2,1H3. The number of hydrogen-bond donors (Lipinski definition) is 0. The molecule has 0 N–H and O–H groups in total. The smallest absolute Gasteiger partial charge is 0.223 e. The normalized spacial score (nSPS) is 18.3. The summed E-state index contributed by atoms with van der Waals surface area (Å²) in [5.74, 6) is 0.252. The first kappa shape index (κ1) is 10.6. The molecule has 0 aliphatic carbocycles. The number of aromatic nitrogens is 1. The van der Waals surface area contributed by atoms with E-state index >= 15 is 0 Å². The van der Waals surface area contributed by atoms with Crippen molar-refractivity contribution in [3.8, 4) is 0 Å². The zero-order chi connectivity index (χ0) is 10.8. The van der Waals surface area contributed by atoms with E-state index in [1.54, 1.807) is 6.20 Å². The molecule has 1 aromatic heterocycles. The van der Waals surface area contributed by atoms with Crippen molar-refractivity contribution in [1.82, 2.24) is 9.88 Å². The maximum atomic E-state index is 11.6. The molecule has 1 amide bonds. The molecule has 80 valence electrons. The number of halogens is 1. The Hall–Kier alpha value is -0.900. The third-order valence-corrected chi connectivity index (χ3v) is 3.22. The minimum absolute atomic E-state index is 0.130. The van der Waals surface area contributed by atoms with Crippen molar-refractivity contribution in [3.63, 3.8) is 0 Å². The van der Waals surface area contributed by atoms with Crippen LogP contribution >= 0.6 is 15.9 Å². The Balaban J connectivity index is 2.20. The Morgan fingerprint density at radius 3 is 2.93 bits per heavy atom. The summed E-state index contributed by atoms with van der Waals surface area (Å²) in [4.78, 5) is 17.6. The number of rotatable bonds is 2. The van der Waals surface area contributed by atoms with Gasteiger partial charge in [-0.05, 0) is 40.9 Å². The molecule has 1 aliphatic heterocycles. The van der Waals surface area contributed by atoms with Crippen LogP contribution < -0.4 is 0 Å². The van der Waals surface area contributed by atoms with Gasteiger partial charge >= 0.3 is 0 Å². The molecule has 1 saturated heterocycles.